The van der Waals surface area contributed by atoms with Gasteiger partial charge in [0, 0.05) is 18.7 Å². The fourth-order valence-corrected chi connectivity index (χ4v) is 4.21. The number of nitrogens with two attached hydrogens (primary N) is 1. The molecular weight excluding hydrogens is 424 g/mol. The number of anilines is 1. The first-order valence-corrected chi connectivity index (χ1v) is 10.8. The van der Waals surface area contributed by atoms with Crippen LogP contribution in [0.1, 0.15) is 16.7 Å². The third kappa shape index (κ3) is 3.92. The van der Waals surface area contributed by atoms with Gasteiger partial charge >= 0.3 is 0 Å². The Morgan fingerprint density at radius 3 is 2.84 bits per heavy atom. The quantitative estimate of drug-likeness (QED) is 0.491. The van der Waals surface area contributed by atoms with Crippen LogP contribution in [-0.4, -0.2) is 38.2 Å². The van der Waals surface area contributed by atoms with Crippen molar-refractivity contribution in [2.24, 2.45) is 0 Å². The number of halogens is 1. The highest BCUT2D eigenvalue weighted by Crippen LogP contribution is 2.31. The normalized spacial score (nSPS) is 13.7. The molecule has 4 aromatic rings. The number of para-hydroxylation sites is 1. The van der Waals surface area contributed by atoms with Gasteiger partial charge in [-0.1, -0.05) is 23.7 Å². The van der Waals surface area contributed by atoms with Crippen LogP contribution in [0.2, 0.25) is 5.02 Å². The van der Waals surface area contributed by atoms with E-state index in [1.54, 1.807) is 35.4 Å². The van der Waals surface area contributed by atoms with E-state index >= 15 is 0 Å². The maximum atomic E-state index is 6.19. The van der Waals surface area contributed by atoms with Gasteiger partial charge in [0.25, 0.3) is 0 Å². The summed E-state index contributed by atoms with van der Waals surface area (Å²) in [6, 6.07) is 11.6. The average Bonchev–Trinajstić information content (AvgIpc) is 3.23. The molecule has 0 atom stereocenters. The van der Waals surface area contributed by atoms with Gasteiger partial charge < -0.3 is 15.4 Å². The average molecular weight is 447 g/mol. The summed E-state index contributed by atoms with van der Waals surface area (Å²) >= 11 is 6.19. The van der Waals surface area contributed by atoms with E-state index < -0.39 is 0 Å². The molecule has 2 aromatic heterocycles. The van der Waals surface area contributed by atoms with E-state index in [1.807, 2.05) is 12.1 Å². The second-order valence-electron chi connectivity index (χ2n) is 8.04. The predicted molar refractivity (Wildman–Crippen MR) is 125 cm³/mol. The van der Waals surface area contributed by atoms with Crippen LogP contribution in [0.5, 0.6) is 11.5 Å². The largest absolute Gasteiger partial charge is 0.452 e. The van der Waals surface area contributed by atoms with Gasteiger partial charge in [0.15, 0.2) is 17.4 Å². The molecule has 2 aromatic carbocycles. The van der Waals surface area contributed by atoms with Crippen molar-refractivity contribution in [3.8, 4) is 28.6 Å². The molecule has 5 rings (SSSR count). The van der Waals surface area contributed by atoms with E-state index in [1.165, 1.54) is 16.7 Å². The zero-order valence-corrected chi connectivity index (χ0v) is 18.7. The molecule has 2 N–H and O–H groups in total. The zero-order chi connectivity index (χ0) is 22.2. The van der Waals surface area contributed by atoms with Crippen LogP contribution < -0.4 is 10.5 Å². The molecule has 32 heavy (non-hydrogen) atoms. The van der Waals surface area contributed by atoms with E-state index in [0.29, 0.717) is 22.3 Å². The molecular formula is C24H23ClN6O. The van der Waals surface area contributed by atoms with E-state index in [4.69, 9.17) is 27.1 Å². The summed E-state index contributed by atoms with van der Waals surface area (Å²) in [5.41, 5.74) is 12.0. The van der Waals surface area contributed by atoms with Crippen molar-refractivity contribution in [3.63, 3.8) is 0 Å². The number of ether oxygens (including phenoxy) is 1. The number of hydrogen-bond acceptors (Lipinski definition) is 6. The fraction of sp³-hybridized carbons (Fsp3) is 0.208. The summed E-state index contributed by atoms with van der Waals surface area (Å²) < 4.78 is 7.41. The lowest BCUT2D eigenvalue weighted by Gasteiger charge is -2.27. The summed E-state index contributed by atoms with van der Waals surface area (Å²) in [5.74, 6) is 1.81. The first kappa shape index (κ1) is 20.5. The number of aromatic nitrogens is 4. The lowest BCUT2D eigenvalue weighted by molar-refractivity contribution is 0.312. The van der Waals surface area contributed by atoms with Crippen LogP contribution in [0.15, 0.2) is 55.0 Å². The molecule has 0 unspecified atom stereocenters. The van der Waals surface area contributed by atoms with Crippen LogP contribution in [-0.2, 0) is 13.0 Å². The van der Waals surface area contributed by atoms with Crippen molar-refractivity contribution in [2.45, 2.75) is 19.9 Å². The lowest BCUT2D eigenvalue weighted by Crippen LogP contribution is -2.27. The third-order valence-corrected chi connectivity index (χ3v) is 5.98. The number of likely N-dealkylation sites (N-methyl/N-ethyl adjacent to an activating group) is 1. The Balaban J connectivity index is 1.48. The maximum Gasteiger partial charge on any atom is 0.197 e. The Hall–Kier alpha value is -3.42. The molecule has 0 fully saturated rings. The van der Waals surface area contributed by atoms with Gasteiger partial charge in [0.05, 0.1) is 29.3 Å². The molecule has 162 valence electrons. The maximum absolute atomic E-state index is 6.19. The topological polar surface area (TPSA) is 82.1 Å². The van der Waals surface area contributed by atoms with Gasteiger partial charge in [-0.05, 0) is 61.3 Å². The molecule has 0 radical (unpaired) electrons. The van der Waals surface area contributed by atoms with E-state index in [-0.39, 0.29) is 5.82 Å². The minimum absolute atomic E-state index is 0.288. The number of benzene rings is 2. The van der Waals surface area contributed by atoms with Crippen LogP contribution in [0.25, 0.3) is 17.1 Å². The minimum Gasteiger partial charge on any atom is -0.452 e. The Morgan fingerprint density at radius 1 is 1.16 bits per heavy atom. The van der Waals surface area contributed by atoms with Gasteiger partial charge in [-0.15, -0.1) is 0 Å². The summed E-state index contributed by atoms with van der Waals surface area (Å²) in [4.78, 5) is 11.5. The SMILES string of the molecule is Cc1cc(-c2cnc(N)c(-n3cc(Oc4ccccc4Cl)cn3)n2)cc2c1CCN(C)C2. The Bertz CT molecular complexity index is 1300. The monoisotopic (exact) mass is 446 g/mol. The van der Waals surface area contributed by atoms with E-state index in [0.717, 1.165) is 30.8 Å². The number of hydrogen-bond donors (Lipinski definition) is 1. The number of rotatable bonds is 4. The Labute approximate surface area is 191 Å². The summed E-state index contributed by atoms with van der Waals surface area (Å²) in [5, 5.41) is 4.89. The fourth-order valence-electron chi connectivity index (χ4n) is 4.03. The minimum atomic E-state index is 0.288. The van der Waals surface area contributed by atoms with Gasteiger partial charge in [-0.25, -0.2) is 14.6 Å². The summed E-state index contributed by atoms with van der Waals surface area (Å²) in [6.45, 7) is 4.17. The highest BCUT2D eigenvalue weighted by atomic mass is 35.5. The second kappa shape index (κ2) is 8.26. The zero-order valence-electron chi connectivity index (χ0n) is 17.9. The van der Waals surface area contributed by atoms with Crippen molar-refractivity contribution >= 4 is 17.4 Å². The lowest BCUT2D eigenvalue weighted by atomic mass is 9.92. The molecule has 0 amide bonds. The molecule has 7 nitrogen and oxygen atoms in total. The molecule has 1 aliphatic heterocycles. The van der Waals surface area contributed by atoms with Crippen molar-refractivity contribution in [3.05, 3.63) is 76.7 Å². The number of nitrogen functional groups attached to an aromatic ring is 1. The van der Waals surface area contributed by atoms with Gasteiger partial charge in [0.2, 0.25) is 0 Å². The highest BCUT2D eigenvalue weighted by Gasteiger charge is 2.18. The van der Waals surface area contributed by atoms with Crippen LogP contribution in [0.4, 0.5) is 5.82 Å². The van der Waals surface area contributed by atoms with Gasteiger partial charge in [-0.2, -0.15) is 5.10 Å². The third-order valence-electron chi connectivity index (χ3n) is 5.67. The molecule has 1 aliphatic rings. The molecule has 0 saturated heterocycles. The van der Waals surface area contributed by atoms with Crippen molar-refractivity contribution < 1.29 is 4.74 Å². The van der Waals surface area contributed by atoms with Gasteiger partial charge in [-0.3, -0.25) is 0 Å². The number of nitrogens with zero attached hydrogens (tertiary/aromatic N) is 5. The van der Waals surface area contributed by atoms with Crippen molar-refractivity contribution in [2.75, 3.05) is 19.3 Å². The molecule has 0 spiro atoms. The van der Waals surface area contributed by atoms with E-state index in [9.17, 15) is 0 Å². The summed E-state index contributed by atoms with van der Waals surface area (Å²) in [6.07, 6.45) is 6.08. The first-order chi connectivity index (χ1) is 15.5. The smallest absolute Gasteiger partial charge is 0.197 e. The first-order valence-electron chi connectivity index (χ1n) is 10.4. The standard InChI is InChI=1S/C24H23ClN6O/c1-15-9-16(10-17-13-30(2)8-7-19(15)17)21-12-27-23(26)24(29-21)31-14-18(11-28-31)32-22-6-4-3-5-20(22)25/h3-6,9-12,14H,7-8,13H2,1-2H3,(H2,26,27). The number of aryl methyl sites for hydroxylation is 1. The molecule has 0 aliphatic carbocycles. The molecule has 0 saturated carbocycles. The molecule has 8 heteroatoms. The number of fused-ring (bicyclic) bond motifs is 1. The van der Waals surface area contributed by atoms with E-state index in [2.05, 4.69) is 41.1 Å². The van der Waals surface area contributed by atoms with Crippen molar-refractivity contribution in [1.29, 1.82) is 0 Å². The predicted octanol–water partition coefficient (Wildman–Crippen LogP) is 4.65. The van der Waals surface area contributed by atoms with Gasteiger partial charge in [0.1, 0.15) is 5.75 Å². The summed E-state index contributed by atoms with van der Waals surface area (Å²) in [7, 11) is 2.14. The van der Waals surface area contributed by atoms with Crippen LogP contribution >= 0.6 is 11.6 Å². The highest BCUT2D eigenvalue weighted by molar-refractivity contribution is 6.32. The Morgan fingerprint density at radius 2 is 2.00 bits per heavy atom. The molecule has 3 heterocycles. The second-order valence-corrected chi connectivity index (χ2v) is 8.44. The van der Waals surface area contributed by atoms with Crippen LogP contribution in [0, 0.1) is 6.92 Å². The van der Waals surface area contributed by atoms with Crippen molar-refractivity contribution in [1.82, 2.24) is 24.6 Å². The Kier molecular flexibility index (Phi) is 5.28. The van der Waals surface area contributed by atoms with Crippen LogP contribution in [0.3, 0.4) is 0 Å². The molecule has 0 bridgehead atoms.